The van der Waals surface area contributed by atoms with Crippen molar-refractivity contribution in [3.05, 3.63) is 65.7 Å². The van der Waals surface area contributed by atoms with E-state index in [1.165, 1.54) is 44.9 Å². The van der Waals surface area contributed by atoms with Crippen LogP contribution in [0.4, 0.5) is 0 Å². The van der Waals surface area contributed by atoms with Crippen molar-refractivity contribution in [3.63, 3.8) is 0 Å². The van der Waals surface area contributed by atoms with Gasteiger partial charge in [0.1, 0.15) is 12.4 Å². The summed E-state index contributed by atoms with van der Waals surface area (Å²) >= 11 is 0. The summed E-state index contributed by atoms with van der Waals surface area (Å²) in [6, 6.07) is 17.4. The van der Waals surface area contributed by atoms with Crippen LogP contribution in [0.5, 0.6) is 5.75 Å². The lowest BCUT2D eigenvalue weighted by Gasteiger charge is -2.09. The number of rotatable bonds is 17. The fourth-order valence-corrected chi connectivity index (χ4v) is 3.53. The Kier molecular flexibility index (Phi) is 13.8. The molecule has 0 radical (unpaired) electrons. The van der Waals surface area contributed by atoms with E-state index in [0.717, 1.165) is 24.0 Å². The van der Waals surface area contributed by atoms with Gasteiger partial charge in [0.15, 0.2) is 0 Å². The minimum absolute atomic E-state index is 0.0836. The number of ether oxygens (including phenoxy) is 1. The molecule has 2 rings (SSSR count). The zero-order valence-electron chi connectivity index (χ0n) is 20.4. The highest BCUT2D eigenvalue weighted by molar-refractivity contribution is 5.87. The number of nitrogens with zero attached hydrogens (tertiary/aromatic N) is 1. The minimum Gasteiger partial charge on any atom is -0.488 e. The summed E-state index contributed by atoms with van der Waals surface area (Å²) in [6.07, 6.45) is 12.9. The summed E-state index contributed by atoms with van der Waals surface area (Å²) < 4.78 is 5.88. The molecule has 0 unspecified atom stereocenters. The Labute approximate surface area is 204 Å². The smallest absolute Gasteiger partial charge is 0.259 e. The van der Waals surface area contributed by atoms with Gasteiger partial charge in [-0.05, 0) is 24.1 Å². The first-order valence-electron chi connectivity index (χ1n) is 12.5. The molecular formula is C28H39N3O3. The summed E-state index contributed by atoms with van der Waals surface area (Å²) in [5, 5.41) is 6.66. The molecule has 6 nitrogen and oxygen atoms in total. The second-order valence-electron chi connectivity index (χ2n) is 8.46. The van der Waals surface area contributed by atoms with Crippen molar-refractivity contribution in [1.82, 2.24) is 10.7 Å². The number of carbonyl (C=O) groups excluding carboxylic acids is 2. The van der Waals surface area contributed by atoms with E-state index in [9.17, 15) is 9.59 Å². The summed E-state index contributed by atoms with van der Waals surface area (Å²) in [5.74, 6) is 0.222. The lowest BCUT2D eigenvalue weighted by atomic mass is 10.1. The molecule has 0 aliphatic heterocycles. The second-order valence-corrected chi connectivity index (χ2v) is 8.46. The van der Waals surface area contributed by atoms with Crippen molar-refractivity contribution in [2.75, 3.05) is 6.54 Å². The molecular weight excluding hydrogens is 426 g/mol. The Hall–Kier alpha value is -3.15. The van der Waals surface area contributed by atoms with Gasteiger partial charge in [0.25, 0.3) is 5.91 Å². The van der Waals surface area contributed by atoms with Crippen LogP contribution in [0.2, 0.25) is 0 Å². The van der Waals surface area contributed by atoms with Gasteiger partial charge in [0.05, 0.1) is 12.8 Å². The Balaban J connectivity index is 1.59. The average molecular weight is 466 g/mol. The van der Waals surface area contributed by atoms with Crippen LogP contribution >= 0.6 is 0 Å². The van der Waals surface area contributed by atoms with E-state index in [-0.39, 0.29) is 18.4 Å². The SMILES string of the molecule is CCCCCCCCCCCC(=O)NCC(=O)N/N=C\c1ccccc1OCc1ccccc1. The Bertz CT molecular complexity index is 868. The quantitative estimate of drug-likeness (QED) is 0.177. The molecule has 2 aromatic rings. The van der Waals surface area contributed by atoms with Gasteiger partial charge < -0.3 is 10.1 Å². The van der Waals surface area contributed by atoms with Crippen molar-refractivity contribution in [2.45, 2.75) is 77.7 Å². The number of unbranched alkanes of at least 4 members (excludes halogenated alkanes) is 8. The monoisotopic (exact) mass is 465 g/mol. The first-order chi connectivity index (χ1) is 16.7. The molecule has 0 bridgehead atoms. The number of amides is 2. The third-order valence-electron chi connectivity index (χ3n) is 5.50. The average Bonchev–Trinajstić information content (AvgIpc) is 2.86. The molecule has 0 aliphatic rings. The van der Waals surface area contributed by atoms with Crippen LogP contribution in [-0.4, -0.2) is 24.6 Å². The molecule has 2 amide bonds. The predicted octanol–water partition coefficient (Wildman–Crippen LogP) is 5.75. The maximum absolute atomic E-state index is 12.0. The lowest BCUT2D eigenvalue weighted by molar-refractivity contribution is -0.126. The van der Waals surface area contributed by atoms with Gasteiger partial charge in [-0.1, -0.05) is 101 Å². The molecule has 34 heavy (non-hydrogen) atoms. The number of hydrogen-bond donors (Lipinski definition) is 2. The topological polar surface area (TPSA) is 79.8 Å². The van der Waals surface area contributed by atoms with E-state index in [1.54, 1.807) is 6.21 Å². The van der Waals surface area contributed by atoms with E-state index < -0.39 is 0 Å². The zero-order valence-corrected chi connectivity index (χ0v) is 20.4. The van der Waals surface area contributed by atoms with E-state index in [2.05, 4.69) is 22.8 Å². The molecule has 2 aromatic carbocycles. The van der Waals surface area contributed by atoms with Gasteiger partial charge in [0.2, 0.25) is 5.91 Å². The maximum atomic E-state index is 12.0. The number of nitrogens with one attached hydrogen (secondary N) is 2. The van der Waals surface area contributed by atoms with Crippen LogP contribution in [0.25, 0.3) is 0 Å². The standard InChI is InChI=1S/C28H39N3O3/c1-2-3-4-5-6-7-8-9-13-20-27(32)29-22-28(33)31-30-21-25-18-14-15-19-26(25)34-23-24-16-11-10-12-17-24/h10-12,14-19,21H,2-9,13,20,22-23H2,1H3,(H,29,32)(H,31,33)/b30-21-. The number of benzene rings is 2. The molecule has 0 aliphatic carbocycles. The molecule has 0 heterocycles. The van der Waals surface area contributed by atoms with Crippen LogP contribution in [0.15, 0.2) is 59.7 Å². The summed E-state index contributed by atoms with van der Waals surface area (Å²) in [5.41, 5.74) is 4.28. The van der Waals surface area contributed by atoms with Crippen LogP contribution in [0.1, 0.15) is 82.3 Å². The molecule has 0 aromatic heterocycles. The molecule has 0 spiro atoms. The first-order valence-corrected chi connectivity index (χ1v) is 12.5. The predicted molar refractivity (Wildman–Crippen MR) is 138 cm³/mol. The lowest BCUT2D eigenvalue weighted by Crippen LogP contribution is -2.34. The molecule has 0 saturated heterocycles. The van der Waals surface area contributed by atoms with Crippen molar-refractivity contribution in [3.8, 4) is 5.75 Å². The van der Waals surface area contributed by atoms with Crippen molar-refractivity contribution >= 4 is 18.0 Å². The zero-order chi connectivity index (χ0) is 24.3. The summed E-state index contributed by atoms with van der Waals surface area (Å²) in [4.78, 5) is 23.9. The maximum Gasteiger partial charge on any atom is 0.259 e. The molecule has 2 N–H and O–H groups in total. The highest BCUT2D eigenvalue weighted by Gasteiger charge is 2.05. The number of hydrogen-bond acceptors (Lipinski definition) is 4. The Morgan fingerprint density at radius 1 is 0.824 bits per heavy atom. The molecule has 6 heteroatoms. The minimum atomic E-state index is -0.362. The summed E-state index contributed by atoms with van der Waals surface area (Å²) in [6.45, 7) is 2.59. The van der Waals surface area contributed by atoms with Gasteiger partial charge in [-0.15, -0.1) is 0 Å². The molecule has 0 fully saturated rings. The fourth-order valence-electron chi connectivity index (χ4n) is 3.53. The van der Waals surface area contributed by atoms with E-state index in [1.807, 2.05) is 54.6 Å². The van der Waals surface area contributed by atoms with Crippen molar-refractivity contribution in [1.29, 1.82) is 0 Å². The van der Waals surface area contributed by atoms with Crippen LogP contribution in [0.3, 0.4) is 0 Å². The third-order valence-corrected chi connectivity index (χ3v) is 5.50. The highest BCUT2D eigenvalue weighted by Crippen LogP contribution is 2.17. The van der Waals surface area contributed by atoms with Gasteiger partial charge in [-0.3, -0.25) is 9.59 Å². The Morgan fingerprint density at radius 3 is 2.21 bits per heavy atom. The van der Waals surface area contributed by atoms with Gasteiger partial charge in [0, 0.05) is 12.0 Å². The van der Waals surface area contributed by atoms with E-state index in [4.69, 9.17) is 4.74 Å². The van der Waals surface area contributed by atoms with Crippen LogP contribution in [0, 0.1) is 0 Å². The third kappa shape index (κ3) is 12.2. The normalized spacial score (nSPS) is 10.9. The molecule has 0 saturated carbocycles. The van der Waals surface area contributed by atoms with Gasteiger partial charge in [-0.2, -0.15) is 5.10 Å². The second kappa shape index (κ2) is 17.3. The number of hydrazone groups is 1. The van der Waals surface area contributed by atoms with E-state index >= 15 is 0 Å². The highest BCUT2D eigenvalue weighted by atomic mass is 16.5. The molecule has 0 atom stereocenters. The van der Waals surface area contributed by atoms with Crippen molar-refractivity contribution < 1.29 is 14.3 Å². The van der Waals surface area contributed by atoms with Crippen molar-refractivity contribution in [2.24, 2.45) is 5.10 Å². The van der Waals surface area contributed by atoms with Crippen LogP contribution in [-0.2, 0) is 16.2 Å². The van der Waals surface area contributed by atoms with Gasteiger partial charge in [-0.25, -0.2) is 5.43 Å². The number of carbonyl (C=O) groups is 2. The Morgan fingerprint density at radius 2 is 1.47 bits per heavy atom. The fraction of sp³-hybridized carbons (Fsp3) is 0.464. The van der Waals surface area contributed by atoms with E-state index in [0.29, 0.717) is 18.8 Å². The summed E-state index contributed by atoms with van der Waals surface area (Å²) in [7, 11) is 0. The van der Waals surface area contributed by atoms with Gasteiger partial charge >= 0.3 is 0 Å². The first kappa shape index (κ1) is 27.1. The van der Waals surface area contributed by atoms with Crippen LogP contribution < -0.4 is 15.5 Å². The number of para-hydroxylation sites is 1. The largest absolute Gasteiger partial charge is 0.488 e. The molecule has 184 valence electrons.